The largest absolute Gasteiger partial charge is 0.480 e. The normalized spacial score (nSPS) is 14.0. The summed E-state index contributed by atoms with van der Waals surface area (Å²) in [6.07, 6.45) is 1.97. The maximum absolute atomic E-state index is 12.6. The number of carbonyl (C=O) groups is 2. The molecule has 1 aromatic rings. The molecule has 0 bridgehead atoms. The van der Waals surface area contributed by atoms with Crippen molar-refractivity contribution >= 4 is 23.3 Å². The summed E-state index contributed by atoms with van der Waals surface area (Å²) in [7, 11) is 0. The first-order chi connectivity index (χ1) is 11.3. The van der Waals surface area contributed by atoms with Gasteiger partial charge in [-0.05, 0) is 38.8 Å². The number of aliphatic carboxylic acids is 1. The quantitative estimate of drug-likeness (QED) is 0.631. The number of carboxylic acid groups (broad SMARTS) is 1. The van der Waals surface area contributed by atoms with Gasteiger partial charge < -0.3 is 14.9 Å². The summed E-state index contributed by atoms with van der Waals surface area (Å²) in [5, 5.41) is 20.3. The van der Waals surface area contributed by atoms with Crippen LogP contribution in [0.5, 0.6) is 0 Å². The number of rotatable bonds is 6. The van der Waals surface area contributed by atoms with Crippen LogP contribution in [0, 0.1) is 10.1 Å². The molecule has 0 atom stereocenters. The molecule has 0 aliphatic carbocycles. The molecule has 0 unspecified atom stereocenters. The van der Waals surface area contributed by atoms with Crippen LogP contribution >= 0.6 is 0 Å². The monoisotopic (exact) mass is 335 g/mol. The van der Waals surface area contributed by atoms with Crippen LogP contribution in [0.3, 0.4) is 0 Å². The molecule has 0 aromatic heterocycles. The van der Waals surface area contributed by atoms with E-state index in [0.29, 0.717) is 5.69 Å². The topological polar surface area (TPSA) is 104 Å². The lowest BCUT2D eigenvalue weighted by Crippen LogP contribution is -2.40. The number of anilines is 1. The number of nitro groups is 1. The van der Waals surface area contributed by atoms with Gasteiger partial charge in [-0.2, -0.15) is 0 Å². The van der Waals surface area contributed by atoms with E-state index >= 15 is 0 Å². The van der Waals surface area contributed by atoms with Crippen LogP contribution in [0.1, 0.15) is 37.0 Å². The number of hydrogen-bond acceptors (Lipinski definition) is 5. The molecule has 130 valence electrons. The molecule has 0 radical (unpaired) electrons. The molecule has 1 aliphatic rings. The predicted molar refractivity (Wildman–Crippen MR) is 88.4 cm³/mol. The Morgan fingerprint density at radius 1 is 1.33 bits per heavy atom. The summed E-state index contributed by atoms with van der Waals surface area (Å²) in [6.45, 7) is 4.47. The summed E-state index contributed by atoms with van der Waals surface area (Å²) in [6, 6.07) is 4.02. The molecule has 1 heterocycles. The molecule has 1 fully saturated rings. The first-order valence-corrected chi connectivity index (χ1v) is 7.87. The fourth-order valence-corrected chi connectivity index (χ4v) is 2.83. The number of benzene rings is 1. The zero-order valence-corrected chi connectivity index (χ0v) is 13.8. The van der Waals surface area contributed by atoms with Crippen molar-refractivity contribution in [3.05, 3.63) is 33.9 Å². The van der Waals surface area contributed by atoms with Crippen LogP contribution in [-0.2, 0) is 4.79 Å². The summed E-state index contributed by atoms with van der Waals surface area (Å²) in [5.74, 6) is -1.65. The lowest BCUT2D eigenvalue weighted by molar-refractivity contribution is -0.384. The third kappa shape index (κ3) is 3.81. The van der Waals surface area contributed by atoms with Crippen molar-refractivity contribution in [1.29, 1.82) is 0 Å². The first-order valence-electron chi connectivity index (χ1n) is 7.87. The van der Waals surface area contributed by atoms with Crippen molar-refractivity contribution in [2.75, 3.05) is 24.5 Å². The highest BCUT2D eigenvalue weighted by molar-refractivity contribution is 5.97. The minimum Gasteiger partial charge on any atom is -0.480 e. The molecule has 2 rings (SSSR count). The maximum atomic E-state index is 12.6. The molecule has 0 saturated carbocycles. The third-order valence-corrected chi connectivity index (χ3v) is 4.06. The zero-order valence-electron chi connectivity index (χ0n) is 13.8. The molecule has 0 spiro atoms. The van der Waals surface area contributed by atoms with E-state index in [-0.39, 0.29) is 17.3 Å². The van der Waals surface area contributed by atoms with Crippen LogP contribution in [0.4, 0.5) is 11.4 Å². The van der Waals surface area contributed by atoms with Gasteiger partial charge in [0.1, 0.15) is 12.2 Å². The second-order valence-electron chi connectivity index (χ2n) is 6.08. The third-order valence-electron chi connectivity index (χ3n) is 4.06. The molecular weight excluding hydrogens is 314 g/mol. The fraction of sp³-hybridized carbons (Fsp3) is 0.500. The van der Waals surface area contributed by atoms with Gasteiger partial charge in [0.15, 0.2) is 0 Å². The van der Waals surface area contributed by atoms with E-state index in [1.54, 1.807) is 19.9 Å². The number of carboxylic acids is 1. The number of amides is 1. The predicted octanol–water partition coefficient (Wildman–Crippen LogP) is 2.13. The Balaban J connectivity index is 2.36. The van der Waals surface area contributed by atoms with Crippen molar-refractivity contribution in [3.63, 3.8) is 0 Å². The van der Waals surface area contributed by atoms with Gasteiger partial charge >= 0.3 is 5.97 Å². The summed E-state index contributed by atoms with van der Waals surface area (Å²) in [4.78, 5) is 37.5. The number of carbonyl (C=O) groups excluding carboxylic acids is 1. The smallest absolute Gasteiger partial charge is 0.323 e. The fourth-order valence-electron chi connectivity index (χ4n) is 2.83. The van der Waals surface area contributed by atoms with Crippen LogP contribution < -0.4 is 4.90 Å². The Hall–Kier alpha value is -2.64. The highest BCUT2D eigenvalue weighted by Crippen LogP contribution is 2.32. The molecule has 24 heavy (non-hydrogen) atoms. The average Bonchev–Trinajstić information content (AvgIpc) is 3.05. The van der Waals surface area contributed by atoms with Crippen molar-refractivity contribution in [2.24, 2.45) is 0 Å². The van der Waals surface area contributed by atoms with Gasteiger partial charge in [0.2, 0.25) is 0 Å². The number of hydrogen-bond donors (Lipinski definition) is 1. The summed E-state index contributed by atoms with van der Waals surface area (Å²) >= 11 is 0. The molecule has 1 aliphatic heterocycles. The van der Waals surface area contributed by atoms with Gasteiger partial charge in [-0.1, -0.05) is 0 Å². The van der Waals surface area contributed by atoms with Crippen LogP contribution in [0.2, 0.25) is 0 Å². The lowest BCUT2D eigenvalue weighted by Gasteiger charge is -2.25. The van der Waals surface area contributed by atoms with E-state index in [1.807, 2.05) is 4.90 Å². The Morgan fingerprint density at radius 2 is 1.96 bits per heavy atom. The Kier molecular flexibility index (Phi) is 5.38. The van der Waals surface area contributed by atoms with Gasteiger partial charge in [0.25, 0.3) is 11.6 Å². The zero-order chi connectivity index (χ0) is 17.9. The van der Waals surface area contributed by atoms with Gasteiger partial charge in [-0.25, -0.2) is 0 Å². The van der Waals surface area contributed by atoms with Gasteiger partial charge in [0, 0.05) is 30.8 Å². The lowest BCUT2D eigenvalue weighted by atomic mass is 10.1. The van der Waals surface area contributed by atoms with E-state index in [1.165, 1.54) is 17.0 Å². The average molecular weight is 335 g/mol. The van der Waals surface area contributed by atoms with E-state index < -0.39 is 23.3 Å². The second-order valence-corrected chi connectivity index (χ2v) is 6.08. The van der Waals surface area contributed by atoms with E-state index in [2.05, 4.69) is 0 Å². The standard InChI is InChI=1S/C16H21N3O5/c1-11(2)18(10-15(20)21)16(22)12-5-6-13(14(9-12)19(23)24)17-7-3-4-8-17/h5-6,9,11H,3-4,7-8,10H2,1-2H3,(H,20,21). The van der Waals surface area contributed by atoms with Crippen LogP contribution in [0.15, 0.2) is 18.2 Å². The summed E-state index contributed by atoms with van der Waals surface area (Å²) < 4.78 is 0. The highest BCUT2D eigenvalue weighted by Gasteiger charge is 2.27. The van der Waals surface area contributed by atoms with Crippen molar-refractivity contribution in [2.45, 2.75) is 32.7 Å². The maximum Gasteiger partial charge on any atom is 0.323 e. The first kappa shape index (κ1) is 17.7. The van der Waals surface area contributed by atoms with Gasteiger partial charge in [-0.15, -0.1) is 0 Å². The van der Waals surface area contributed by atoms with Gasteiger partial charge in [-0.3, -0.25) is 19.7 Å². The molecule has 1 aromatic carbocycles. The second kappa shape index (κ2) is 7.29. The molecular formula is C16H21N3O5. The molecule has 8 nitrogen and oxygen atoms in total. The summed E-state index contributed by atoms with van der Waals surface area (Å²) in [5.41, 5.74) is 0.504. The minimum absolute atomic E-state index is 0.123. The van der Waals surface area contributed by atoms with Crippen LogP contribution in [-0.4, -0.2) is 52.5 Å². The molecule has 1 amide bonds. The van der Waals surface area contributed by atoms with Gasteiger partial charge in [0.05, 0.1) is 4.92 Å². The van der Waals surface area contributed by atoms with Crippen LogP contribution in [0.25, 0.3) is 0 Å². The minimum atomic E-state index is -1.12. The van der Waals surface area contributed by atoms with Crippen molar-refractivity contribution in [3.8, 4) is 0 Å². The Bertz CT molecular complexity index is 653. The molecule has 1 saturated heterocycles. The molecule has 1 N–H and O–H groups in total. The van der Waals surface area contributed by atoms with Crippen molar-refractivity contribution < 1.29 is 19.6 Å². The van der Waals surface area contributed by atoms with E-state index in [4.69, 9.17) is 5.11 Å². The highest BCUT2D eigenvalue weighted by atomic mass is 16.6. The van der Waals surface area contributed by atoms with E-state index in [0.717, 1.165) is 25.9 Å². The number of nitrogens with zero attached hydrogens (tertiary/aromatic N) is 3. The Morgan fingerprint density at radius 3 is 2.46 bits per heavy atom. The SMILES string of the molecule is CC(C)N(CC(=O)O)C(=O)c1ccc(N2CCCC2)c([N+](=O)[O-])c1. The van der Waals surface area contributed by atoms with E-state index in [9.17, 15) is 19.7 Å². The molecule has 8 heteroatoms. The van der Waals surface area contributed by atoms with Crippen molar-refractivity contribution in [1.82, 2.24) is 4.90 Å². The Labute approximate surface area is 139 Å². The number of nitro benzene ring substituents is 1.